The third-order valence-electron chi connectivity index (χ3n) is 2.82. The van der Waals surface area contributed by atoms with Crippen molar-refractivity contribution < 1.29 is 12.8 Å². The Hall–Kier alpha value is -1.36. The van der Waals surface area contributed by atoms with Crippen molar-refractivity contribution in [2.75, 3.05) is 11.5 Å². The van der Waals surface area contributed by atoms with Gasteiger partial charge in [0.25, 0.3) is 0 Å². The summed E-state index contributed by atoms with van der Waals surface area (Å²) in [4.78, 5) is 0. The van der Waals surface area contributed by atoms with Crippen molar-refractivity contribution in [2.24, 2.45) is 0 Å². The Morgan fingerprint density at radius 1 is 1.29 bits per heavy atom. The van der Waals surface area contributed by atoms with Crippen LogP contribution in [0.2, 0.25) is 0 Å². The molecule has 17 heavy (non-hydrogen) atoms. The summed E-state index contributed by atoms with van der Waals surface area (Å²) in [5, 5.41) is 0.791. The molecule has 0 saturated heterocycles. The van der Waals surface area contributed by atoms with E-state index in [0.29, 0.717) is 6.54 Å². The van der Waals surface area contributed by atoms with E-state index in [2.05, 4.69) is 0 Å². The van der Waals surface area contributed by atoms with E-state index in [-0.39, 0.29) is 17.3 Å². The maximum absolute atomic E-state index is 13.0. The highest BCUT2D eigenvalue weighted by atomic mass is 32.2. The standard InChI is InChI=1S/C12H14FNO2S/c1-2-17(15,16)8-7-14-6-5-10-9-11(13)3-4-12(10)14/h3-6,9H,2,7-8H2,1H3. The molecule has 1 heterocycles. The SMILES string of the molecule is CCS(=O)(=O)CCn1ccc2cc(F)ccc21. The third-order valence-corrected chi connectivity index (χ3v) is 4.50. The highest BCUT2D eigenvalue weighted by Crippen LogP contribution is 2.17. The van der Waals surface area contributed by atoms with Crippen LogP contribution in [0.5, 0.6) is 0 Å². The van der Waals surface area contributed by atoms with Crippen molar-refractivity contribution in [1.29, 1.82) is 0 Å². The van der Waals surface area contributed by atoms with Gasteiger partial charge in [-0.2, -0.15) is 0 Å². The van der Waals surface area contributed by atoms with Crippen LogP contribution in [0.3, 0.4) is 0 Å². The smallest absolute Gasteiger partial charge is 0.151 e. The van der Waals surface area contributed by atoms with Crippen LogP contribution >= 0.6 is 0 Å². The summed E-state index contributed by atoms with van der Waals surface area (Å²) in [5.41, 5.74) is 0.859. The summed E-state index contributed by atoms with van der Waals surface area (Å²) in [6, 6.07) is 6.29. The molecule has 0 atom stereocenters. The van der Waals surface area contributed by atoms with E-state index in [0.717, 1.165) is 10.9 Å². The van der Waals surface area contributed by atoms with Crippen molar-refractivity contribution in [3.05, 3.63) is 36.3 Å². The Morgan fingerprint density at radius 2 is 2.06 bits per heavy atom. The van der Waals surface area contributed by atoms with Gasteiger partial charge in [0, 0.05) is 29.4 Å². The van der Waals surface area contributed by atoms with Crippen LogP contribution in [0.25, 0.3) is 10.9 Å². The molecule has 5 heteroatoms. The zero-order valence-electron chi connectivity index (χ0n) is 9.56. The van der Waals surface area contributed by atoms with Gasteiger partial charge in [0.15, 0.2) is 9.84 Å². The van der Waals surface area contributed by atoms with Gasteiger partial charge in [-0.15, -0.1) is 0 Å². The number of rotatable bonds is 4. The van der Waals surface area contributed by atoms with Gasteiger partial charge < -0.3 is 4.57 Å². The molecule has 0 fully saturated rings. The topological polar surface area (TPSA) is 39.1 Å². The zero-order valence-corrected chi connectivity index (χ0v) is 10.4. The van der Waals surface area contributed by atoms with Gasteiger partial charge in [-0.25, -0.2) is 12.8 Å². The molecule has 0 saturated carbocycles. The molecule has 2 rings (SSSR count). The van der Waals surface area contributed by atoms with Crippen molar-refractivity contribution >= 4 is 20.7 Å². The van der Waals surface area contributed by atoms with Crippen molar-refractivity contribution in [2.45, 2.75) is 13.5 Å². The largest absolute Gasteiger partial charge is 0.346 e. The molecular weight excluding hydrogens is 241 g/mol. The molecule has 1 aromatic carbocycles. The molecule has 0 aliphatic heterocycles. The highest BCUT2D eigenvalue weighted by Gasteiger charge is 2.09. The molecule has 3 nitrogen and oxygen atoms in total. The molecule has 0 aliphatic carbocycles. The van der Waals surface area contributed by atoms with E-state index in [1.54, 1.807) is 25.3 Å². The summed E-state index contributed by atoms with van der Waals surface area (Å²) in [6.45, 7) is 2.05. The molecule has 0 spiro atoms. The monoisotopic (exact) mass is 255 g/mol. The first-order valence-electron chi connectivity index (χ1n) is 5.46. The van der Waals surface area contributed by atoms with Crippen LogP contribution < -0.4 is 0 Å². The number of aromatic nitrogens is 1. The number of sulfone groups is 1. The first-order chi connectivity index (χ1) is 8.02. The summed E-state index contributed by atoms with van der Waals surface area (Å²) in [7, 11) is -2.97. The van der Waals surface area contributed by atoms with Crippen LogP contribution in [-0.2, 0) is 16.4 Å². The number of hydrogen-bond donors (Lipinski definition) is 0. The lowest BCUT2D eigenvalue weighted by atomic mass is 10.2. The highest BCUT2D eigenvalue weighted by molar-refractivity contribution is 7.91. The number of halogens is 1. The molecule has 0 radical (unpaired) electrons. The molecular formula is C12H14FNO2S. The summed E-state index contributed by atoms with van der Waals surface area (Å²) < 4.78 is 37.6. The Balaban J connectivity index is 2.26. The lowest BCUT2D eigenvalue weighted by Crippen LogP contribution is -2.14. The molecule has 0 aliphatic rings. The predicted molar refractivity (Wildman–Crippen MR) is 66.2 cm³/mol. The van der Waals surface area contributed by atoms with Gasteiger partial charge in [0.2, 0.25) is 0 Å². The number of benzene rings is 1. The van der Waals surface area contributed by atoms with Gasteiger partial charge >= 0.3 is 0 Å². The number of nitrogens with zero attached hydrogens (tertiary/aromatic N) is 1. The second kappa shape index (κ2) is 4.49. The average Bonchev–Trinajstić information content (AvgIpc) is 2.69. The zero-order chi connectivity index (χ0) is 12.5. The fourth-order valence-corrected chi connectivity index (χ4v) is 2.51. The molecule has 2 aromatic rings. The average molecular weight is 255 g/mol. The van der Waals surface area contributed by atoms with E-state index < -0.39 is 9.84 Å². The normalized spacial score (nSPS) is 12.1. The van der Waals surface area contributed by atoms with E-state index in [1.165, 1.54) is 12.1 Å². The van der Waals surface area contributed by atoms with Crippen LogP contribution in [0.4, 0.5) is 4.39 Å². The minimum absolute atomic E-state index is 0.116. The van der Waals surface area contributed by atoms with Gasteiger partial charge in [-0.05, 0) is 24.3 Å². The van der Waals surface area contributed by atoms with Gasteiger partial charge in [-0.1, -0.05) is 6.92 Å². The van der Waals surface area contributed by atoms with Crippen LogP contribution in [-0.4, -0.2) is 24.5 Å². The third kappa shape index (κ3) is 2.66. The Bertz CT molecular complexity index is 631. The van der Waals surface area contributed by atoms with E-state index >= 15 is 0 Å². The van der Waals surface area contributed by atoms with Gasteiger partial charge in [-0.3, -0.25) is 0 Å². The Kier molecular flexibility index (Phi) is 3.19. The van der Waals surface area contributed by atoms with Gasteiger partial charge in [0.1, 0.15) is 5.82 Å². The fourth-order valence-electron chi connectivity index (χ4n) is 1.75. The number of hydrogen-bond acceptors (Lipinski definition) is 2. The van der Waals surface area contributed by atoms with E-state index in [9.17, 15) is 12.8 Å². The second-order valence-electron chi connectivity index (χ2n) is 3.95. The quantitative estimate of drug-likeness (QED) is 0.840. The molecule has 0 N–H and O–H groups in total. The first-order valence-corrected chi connectivity index (χ1v) is 7.29. The Morgan fingerprint density at radius 3 is 2.76 bits per heavy atom. The molecule has 0 bridgehead atoms. The minimum Gasteiger partial charge on any atom is -0.346 e. The van der Waals surface area contributed by atoms with Gasteiger partial charge in [0.05, 0.1) is 5.75 Å². The second-order valence-corrected chi connectivity index (χ2v) is 6.42. The maximum Gasteiger partial charge on any atom is 0.151 e. The molecule has 0 amide bonds. The lowest BCUT2D eigenvalue weighted by molar-refractivity contribution is 0.591. The van der Waals surface area contributed by atoms with Crippen molar-refractivity contribution in [1.82, 2.24) is 4.57 Å². The minimum atomic E-state index is -2.97. The summed E-state index contributed by atoms with van der Waals surface area (Å²) in [5.74, 6) is -0.0118. The maximum atomic E-state index is 13.0. The summed E-state index contributed by atoms with van der Waals surface area (Å²) in [6.07, 6.45) is 1.79. The van der Waals surface area contributed by atoms with Crippen molar-refractivity contribution in [3.63, 3.8) is 0 Å². The molecule has 0 unspecified atom stereocenters. The van der Waals surface area contributed by atoms with Crippen LogP contribution in [0.1, 0.15) is 6.92 Å². The van der Waals surface area contributed by atoms with Crippen LogP contribution in [0.15, 0.2) is 30.5 Å². The summed E-state index contributed by atoms with van der Waals surface area (Å²) >= 11 is 0. The van der Waals surface area contributed by atoms with Crippen LogP contribution in [0, 0.1) is 5.82 Å². The lowest BCUT2D eigenvalue weighted by Gasteiger charge is -2.05. The number of fused-ring (bicyclic) bond motifs is 1. The molecule has 92 valence electrons. The molecule has 1 aromatic heterocycles. The van der Waals surface area contributed by atoms with E-state index in [1.807, 2.05) is 4.57 Å². The Labute approximate surface area is 99.8 Å². The van der Waals surface area contributed by atoms with Crippen molar-refractivity contribution in [3.8, 4) is 0 Å². The first kappa shape index (κ1) is 12.1. The van der Waals surface area contributed by atoms with E-state index in [4.69, 9.17) is 0 Å². The predicted octanol–water partition coefficient (Wildman–Crippen LogP) is 2.22. The fraction of sp³-hybridized carbons (Fsp3) is 0.333. The number of aryl methyl sites for hydroxylation is 1.